The Morgan fingerprint density at radius 2 is 1.92 bits per heavy atom. The molecule has 13 heavy (non-hydrogen) atoms. The molecular weight excluding hydrogens is 196 g/mol. The summed E-state index contributed by atoms with van der Waals surface area (Å²) in [7, 11) is 0. The smallest absolute Gasteiger partial charge is 0.0831 e. The van der Waals surface area contributed by atoms with E-state index < -0.39 is 0 Å². The predicted molar refractivity (Wildman–Crippen MR) is 66.4 cm³/mol. The van der Waals surface area contributed by atoms with Crippen LogP contribution in [0.2, 0.25) is 0 Å². The molecule has 0 radical (unpaired) electrons. The van der Waals surface area contributed by atoms with Crippen LogP contribution in [0.5, 0.6) is 0 Å². The number of hydrogen-bond donors (Lipinski definition) is 0. The van der Waals surface area contributed by atoms with Crippen LogP contribution in [0.1, 0.15) is 13.3 Å². The van der Waals surface area contributed by atoms with Crippen molar-refractivity contribution in [2.45, 2.75) is 17.4 Å². The van der Waals surface area contributed by atoms with Crippen molar-refractivity contribution in [1.29, 1.82) is 0 Å². The van der Waals surface area contributed by atoms with Gasteiger partial charge >= 0.3 is 0 Å². The Balaban J connectivity index is 2.80. The lowest BCUT2D eigenvalue weighted by Gasteiger charge is -2.33. The van der Waals surface area contributed by atoms with Crippen LogP contribution in [0.15, 0.2) is 37.0 Å². The quantitative estimate of drug-likeness (QED) is 0.651. The fourth-order valence-corrected chi connectivity index (χ4v) is 4.34. The second-order valence-corrected chi connectivity index (χ2v) is 6.34. The van der Waals surface area contributed by atoms with Crippen molar-refractivity contribution in [3.05, 3.63) is 37.0 Å². The fourth-order valence-electron chi connectivity index (χ4n) is 1.33. The molecule has 1 aliphatic heterocycles. The Morgan fingerprint density at radius 1 is 1.31 bits per heavy atom. The van der Waals surface area contributed by atoms with Gasteiger partial charge in [-0.25, -0.2) is 0 Å². The molecule has 1 saturated heterocycles. The molecule has 0 unspecified atom stereocenters. The highest BCUT2D eigenvalue weighted by molar-refractivity contribution is 8.19. The van der Waals surface area contributed by atoms with E-state index in [1.165, 1.54) is 23.5 Å². The minimum Gasteiger partial charge on any atom is -0.140 e. The van der Waals surface area contributed by atoms with E-state index in [0.717, 1.165) is 0 Å². The molecule has 0 spiro atoms. The van der Waals surface area contributed by atoms with E-state index in [2.05, 4.69) is 26.2 Å². The molecular formula is C11H16S2. The van der Waals surface area contributed by atoms with Crippen LogP contribution >= 0.6 is 23.5 Å². The lowest BCUT2D eigenvalue weighted by molar-refractivity contribution is 1.02. The summed E-state index contributed by atoms with van der Waals surface area (Å²) >= 11 is 4.03. The van der Waals surface area contributed by atoms with Crippen molar-refractivity contribution in [1.82, 2.24) is 0 Å². The second-order valence-electron chi connectivity index (χ2n) is 3.06. The zero-order valence-electron chi connectivity index (χ0n) is 8.08. The SMILES string of the molecule is C=C/C=C(\C=C)C1(C)SCCCS1. The average Bonchev–Trinajstić information content (AvgIpc) is 2.15. The number of thioether (sulfide) groups is 2. The molecule has 0 nitrogen and oxygen atoms in total. The Morgan fingerprint density at radius 3 is 2.38 bits per heavy atom. The maximum absolute atomic E-state index is 3.86. The van der Waals surface area contributed by atoms with Crippen molar-refractivity contribution in [3.8, 4) is 0 Å². The second kappa shape index (κ2) is 4.97. The summed E-state index contributed by atoms with van der Waals surface area (Å²) < 4.78 is 0.203. The number of hydrogen-bond acceptors (Lipinski definition) is 2. The van der Waals surface area contributed by atoms with Gasteiger partial charge in [0.25, 0.3) is 0 Å². The monoisotopic (exact) mass is 212 g/mol. The Bertz CT molecular complexity index is 222. The molecule has 0 N–H and O–H groups in total. The van der Waals surface area contributed by atoms with E-state index in [-0.39, 0.29) is 4.08 Å². The van der Waals surface area contributed by atoms with Crippen LogP contribution in [-0.2, 0) is 0 Å². The molecule has 1 fully saturated rings. The number of rotatable bonds is 3. The lowest BCUT2D eigenvalue weighted by Crippen LogP contribution is -2.22. The minimum atomic E-state index is 0.203. The van der Waals surface area contributed by atoms with Crippen LogP contribution in [0.3, 0.4) is 0 Å². The highest BCUT2D eigenvalue weighted by Gasteiger charge is 2.30. The summed E-state index contributed by atoms with van der Waals surface area (Å²) in [4.78, 5) is 0. The van der Waals surface area contributed by atoms with Crippen LogP contribution in [-0.4, -0.2) is 15.6 Å². The highest BCUT2D eigenvalue weighted by atomic mass is 32.2. The highest BCUT2D eigenvalue weighted by Crippen LogP contribution is 2.47. The van der Waals surface area contributed by atoms with Gasteiger partial charge in [-0.2, -0.15) is 0 Å². The van der Waals surface area contributed by atoms with Gasteiger partial charge in [-0.15, -0.1) is 23.5 Å². The molecule has 0 saturated carbocycles. The van der Waals surface area contributed by atoms with E-state index in [1.54, 1.807) is 0 Å². The maximum Gasteiger partial charge on any atom is 0.0831 e. The first-order valence-corrected chi connectivity index (χ1v) is 6.43. The molecule has 1 aliphatic rings. The third-order valence-corrected chi connectivity index (χ3v) is 5.35. The fraction of sp³-hybridized carbons (Fsp3) is 0.455. The van der Waals surface area contributed by atoms with E-state index in [0.29, 0.717) is 0 Å². The standard InChI is InChI=1S/C11H16S2/c1-4-7-10(5-2)11(3)12-8-6-9-13-11/h4-5,7H,1-2,6,8-9H2,3H3/b10-7+. The Labute approximate surface area is 89.6 Å². The summed E-state index contributed by atoms with van der Waals surface area (Å²) in [6, 6.07) is 0. The zero-order valence-corrected chi connectivity index (χ0v) is 9.72. The first-order chi connectivity index (χ1) is 6.23. The summed E-state index contributed by atoms with van der Waals surface area (Å²) in [5.41, 5.74) is 1.29. The summed E-state index contributed by atoms with van der Waals surface area (Å²) in [6.07, 6.45) is 7.19. The minimum absolute atomic E-state index is 0.203. The normalized spacial score (nSPS) is 22.4. The van der Waals surface area contributed by atoms with Gasteiger partial charge in [0.1, 0.15) is 0 Å². The van der Waals surface area contributed by atoms with Gasteiger partial charge < -0.3 is 0 Å². The summed E-state index contributed by atoms with van der Waals surface area (Å²) in [6.45, 7) is 9.87. The van der Waals surface area contributed by atoms with Crippen LogP contribution in [0.4, 0.5) is 0 Å². The average molecular weight is 212 g/mol. The van der Waals surface area contributed by atoms with Crippen molar-refractivity contribution >= 4 is 23.5 Å². The maximum atomic E-state index is 3.86. The molecule has 2 heteroatoms. The molecule has 0 aromatic rings. The van der Waals surface area contributed by atoms with Gasteiger partial charge in [0.05, 0.1) is 4.08 Å². The van der Waals surface area contributed by atoms with Crippen molar-refractivity contribution in [3.63, 3.8) is 0 Å². The summed E-state index contributed by atoms with van der Waals surface area (Å²) in [5, 5.41) is 0. The van der Waals surface area contributed by atoms with E-state index in [4.69, 9.17) is 0 Å². The first-order valence-electron chi connectivity index (χ1n) is 4.46. The molecule has 0 amide bonds. The van der Waals surface area contributed by atoms with Gasteiger partial charge in [-0.3, -0.25) is 0 Å². The molecule has 0 aliphatic carbocycles. The third kappa shape index (κ3) is 2.68. The van der Waals surface area contributed by atoms with Crippen molar-refractivity contribution in [2.24, 2.45) is 0 Å². The molecule has 1 rings (SSSR count). The van der Waals surface area contributed by atoms with Gasteiger partial charge in [0, 0.05) is 0 Å². The molecule has 0 aromatic carbocycles. The molecule has 1 heterocycles. The van der Waals surface area contributed by atoms with Crippen molar-refractivity contribution < 1.29 is 0 Å². The zero-order chi connectivity index (χ0) is 9.73. The van der Waals surface area contributed by atoms with Gasteiger partial charge in [-0.1, -0.05) is 31.4 Å². The van der Waals surface area contributed by atoms with Gasteiger partial charge in [0.2, 0.25) is 0 Å². The Kier molecular flexibility index (Phi) is 4.20. The number of allylic oxidation sites excluding steroid dienone is 3. The van der Waals surface area contributed by atoms with Crippen LogP contribution < -0.4 is 0 Å². The predicted octanol–water partition coefficient (Wildman–Crippen LogP) is 3.87. The van der Waals surface area contributed by atoms with E-state index >= 15 is 0 Å². The van der Waals surface area contributed by atoms with E-state index in [9.17, 15) is 0 Å². The molecule has 0 aromatic heterocycles. The first kappa shape index (κ1) is 11.0. The third-order valence-electron chi connectivity index (χ3n) is 2.09. The van der Waals surface area contributed by atoms with Gasteiger partial charge in [-0.05, 0) is 30.4 Å². The summed E-state index contributed by atoms with van der Waals surface area (Å²) in [5.74, 6) is 2.51. The topological polar surface area (TPSA) is 0 Å². The van der Waals surface area contributed by atoms with Crippen LogP contribution in [0, 0.1) is 0 Å². The Hall–Kier alpha value is -0.0800. The molecule has 0 bridgehead atoms. The van der Waals surface area contributed by atoms with Gasteiger partial charge in [0.15, 0.2) is 0 Å². The van der Waals surface area contributed by atoms with Crippen molar-refractivity contribution in [2.75, 3.05) is 11.5 Å². The van der Waals surface area contributed by atoms with Crippen LogP contribution in [0.25, 0.3) is 0 Å². The molecule has 0 atom stereocenters. The van der Waals surface area contributed by atoms with E-state index in [1.807, 2.05) is 35.7 Å². The largest absolute Gasteiger partial charge is 0.140 e. The lowest BCUT2D eigenvalue weighted by atomic mass is 10.2. The molecule has 72 valence electrons.